The van der Waals surface area contributed by atoms with Crippen LogP contribution in [0.5, 0.6) is 0 Å². The molecule has 94 valence electrons. The van der Waals surface area contributed by atoms with Gasteiger partial charge in [-0.05, 0) is 61.1 Å². The molecule has 1 aliphatic heterocycles. The molecule has 0 aliphatic carbocycles. The van der Waals surface area contributed by atoms with E-state index >= 15 is 0 Å². The van der Waals surface area contributed by atoms with Crippen LogP contribution in [-0.4, -0.2) is 24.6 Å². The Bertz CT molecular complexity index is 359. The number of likely N-dealkylation sites (N-methyl/N-ethyl adjacent to an activating group) is 1. The number of hydrogen-bond acceptors (Lipinski definition) is 2. The molecule has 2 unspecified atom stereocenters. The van der Waals surface area contributed by atoms with Crippen molar-refractivity contribution in [2.45, 2.75) is 18.9 Å². The van der Waals surface area contributed by atoms with Gasteiger partial charge in [-0.25, -0.2) is 4.39 Å². The van der Waals surface area contributed by atoms with E-state index in [4.69, 9.17) is 0 Å². The third kappa shape index (κ3) is 3.70. The Hall–Kier alpha value is -0.0600. The molecule has 1 saturated heterocycles. The number of hydrogen-bond donors (Lipinski definition) is 1. The summed E-state index contributed by atoms with van der Waals surface area (Å²) in [6, 6.07) is 5.61. The van der Waals surface area contributed by atoms with E-state index in [1.165, 1.54) is 24.0 Å². The van der Waals surface area contributed by atoms with Crippen molar-refractivity contribution in [2.24, 2.45) is 5.92 Å². The van der Waals surface area contributed by atoms with E-state index in [0.29, 0.717) is 12.0 Å². The predicted molar refractivity (Wildman–Crippen MR) is 76.1 cm³/mol. The molecular weight excluding hydrogens is 301 g/mol. The smallest absolute Gasteiger partial charge is 0.124 e. The second-order valence-electron chi connectivity index (χ2n) is 4.50. The van der Waals surface area contributed by atoms with Gasteiger partial charge in [0.2, 0.25) is 0 Å². The quantitative estimate of drug-likeness (QED) is 0.912. The van der Waals surface area contributed by atoms with Crippen LogP contribution in [0.2, 0.25) is 0 Å². The van der Waals surface area contributed by atoms with Gasteiger partial charge in [-0.15, -0.1) is 0 Å². The summed E-state index contributed by atoms with van der Waals surface area (Å²) in [5, 5.41) is 3.38. The lowest BCUT2D eigenvalue weighted by atomic mass is 9.93. The maximum absolute atomic E-state index is 13.3. The second-order valence-corrected chi connectivity index (χ2v) is 6.57. The molecule has 1 fully saturated rings. The third-order valence-electron chi connectivity index (χ3n) is 3.28. The lowest BCUT2D eigenvalue weighted by Crippen LogP contribution is -2.35. The standard InChI is InChI=1S/C13H17BrFNS/c1-16-13(10-2-3-17-8-10)6-9-4-11(14)7-12(15)5-9/h4-5,7,10,13,16H,2-3,6,8H2,1H3. The van der Waals surface area contributed by atoms with Crippen molar-refractivity contribution in [1.82, 2.24) is 5.32 Å². The summed E-state index contributed by atoms with van der Waals surface area (Å²) in [5.74, 6) is 3.04. The maximum Gasteiger partial charge on any atom is 0.124 e. The van der Waals surface area contributed by atoms with Gasteiger partial charge in [0.25, 0.3) is 0 Å². The first-order valence-corrected chi connectivity index (χ1v) is 7.84. The van der Waals surface area contributed by atoms with Gasteiger partial charge >= 0.3 is 0 Å². The van der Waals surface area contributed by atoms with Crippen molar-refractivity contribution in [3.63, 3.8) is 0 Å². The fourth-order valence-corrected chi connectivity index (χ4v) is 4.21. The van der Waals surface area contributed by atoms with E-state index in [9.17, 15) is 4.39 Å². The lowest BCUT2D eigenvalue weighted by Gasteiger charge is -2.22. The molecule has 1 heterocycles. The van der Waals surface area contributed by atoms with Gasteiger partial charge < -0.3 is 5.32 Å². The van der Waals surface area contributed by atoms with E-state index < -0.39 is 0 Å². The predicted octanol–water partition coefficient (Wildman–Crippen LogP) is 3.47. The van der Waals surface area contributed by atoms with Crippen LogP contribution in [0.4, 0.5) is 4.39 Å². The summed E-state index contributed by atoms with van der Waals surface area (Å²) < 4.78 is 14.1. The molecule has 0 aromatic heterocycles. The van der Waals surface area contributed by atoms with Gasteiger partial charge in [0.1, 0.15) is 5.82 Å². The Labute approximate surface area is 115 Å². The fourth-order valence-electron chi connectivity index (χ4n) is 2.36. The van der Waals surface area contributed by atoms with Crippen LogP contribution in [0.1, 0.15) is 12.0 Å². The number of nitrogens with one attached hydrogen (secondary N) is 1. The summed E-state index contributed by atoms with van der Waals surface area (Å²) in [6.45, 7) is 0. The molecule has 1 aromatic rings. The monoisotopic (exact) mass is 317 g/mol. The van der Waals surface area contributed by atoms with E-state index in [0.717, 1.165) is 16.5 Å². The van der Waals surface area contributed by atoms with Crippen LogP contribution in [0.25, 0.3) is 0 Å². The second kappa shape index (κ2) is 6.21. The van der Waals surface area contributed by atoms with Crippen molar-refractivity contribution in [1.29, 1.82) is 0 Å². The Morgan fingerprint density at radius 3 is 2.94 bits per heavy atom. The minimum Gasteiger partial charge on any atom is -0.316 e. The Kier molecular flexibility index (Phi) is 4.88. The largest absolute Gasteiger partial charge is 0.316 e. The molecule has 2 atom stereocenters. The molecule has 0 spiro atoms. The maximum atomic E-state index is 13.3. The Morgan fingerprint density at radius 1 is 1.53 bits per heavy atom. The summed E-state index contributed by atoms with van der Waals surface area (Å²) in [6.07, 6.45) is 2.17. The highest BCUT2D eigenvalue weighted by Crippen LogP contribution is 2.28. The summed E-state index contributed by atoms with van der Waals surface area (Å²) in [7, 11) is 2.00. The molecule has 1 aromatic carbocycles. The molecular formula is C13H17BrFNS. The molecule has 0 amide bonds. The topological polar surface area (TPSA) is 12.0 Å². The minimum absolute atomic E-state index is 0.162. The van der Waals surface area contributed by atoms with Crippen molar-refractivity contribution < 1.29 is 4.39 Å². The van der Waals surface area contributed by atoms with Crippen LogP contribution in [0.3, 0.4) is 0 Å². The van der Waals surface area contributed by atoms with Gasteiger partial charge in [-0.3, -0.25) is 0 Å². The fraction of sp³-hybridized carbons (Fsp3) is 0.538. The third-order valence-corrected chi connectivity index (χ3v) is 4.93. The summed E-state index contributed by atoms with van der Waals surface area (Å²) in [4.78, 5) is 0. The van der Waals surface area contributed by atoms with Crippen molar-refractivity contribution in [3.05, 3.63) is 34.1 Å². The van der Waals surface area contributed by atoms with E-state index in [1.807, 2.05) is 24.9 Å². The highest BCUT2D eigenvalue weighted by Gasteiger charge is 2.24. The molecule has 0 radical (unpaired) electrons. The van der Waals surface area contributed by atoms with Gasteiger partial charge in [0.15, 0.2) is 0 Å². The van der Waals surface area contributed by atoms with Crippen LogP contribution in [0.15, 0.2) is 22.7 Å². The normalized spacial score (nSPS) is 21.7. The minimum atomic E-state index is -0.162. The Balaban J connectivity index is 2.06. The lowest BCUT2D eigenvalue weighted by molar-refractivity contribution is 0.403. The van der Waals surface area contributed by atoms with Crippen LogP contribution in [-0.2, 0) is 6.42 Å². The average Bonchev–Trinajstić information content (AvgIpc) is 2.77. The van der Waals surface area contributed by atoms with Crippen LogP contribution < -0.4 is 5.32 Å². The van der Waals surface area contributed by atoms with Crippen LogP contribution >= 0.6 is 27.7 Å². The molecule has 0 saturated carbocycles. The van der Waals surface area contributed by atoms with Gasteiger partial charge in [-0.1, -0.05) is 15.9 Å². The first kappa shape index (κ1) is 13.4. The van der Waals surface area contributed by atoms with E-state index in [-0.39, 0.29) is 5.82 Å². The molecule has 4 heteroatoms. The molecule has 1 N–H and O–H groups in total. The van der Waals surface area contributed by atoms with Crippen molar-refractivity contribution >= 4 is 27.7 Å². The van der Waals surface area contributed by atoms with Gasteiger partial charge in [0.05, 0.1) is 0 Å². The van der Waals surface area contributed by atoms with E-state index in [1.54, 1.807) is 6.07 Å². The molecule has 17 heavy (non-hydrogen) atoms. The number of benzene rings is 1. The van der Waals surface area contributed by atoms with Crippen molar-refractivity contribution in [2.75, 3.05) is 18.6 Å². The number of thioether (sulfide) groups is 1. The van der Waals surface area contributed by atoms with E-state index in [2.05, 4.69) is 21.2 Å². The number of halogens is 2. The SMILES string of the molecule is CNC(Cc1cc(F)cc(Br)c1)C1CCSC1. The van der Waals surface area contributed by atoms with Crippen LogP contribution in [0, 0.1) is 11.7 Å². The van der Waals surface area contributed by atoms with Gasteiger partial charge in [0, 0.05) is 10.5 Å². The molecule has 0 bridgehead atoms. The highest BCUT2D eigenvalue weighted by atomic mass is 79.9. The Morgan fingerprint density at radius 2 is 2.35 bits per heavy atom. The van der Waals surface area contributed by atoms with Gasteiger partial charge in [-0.2, -0.15) is 11.8 Å². The first-order chi connectivity index (χ1) is 8.19. The zero-order chi connectivity index (χ0) is 12.3. The first-order valence-electron chi connectivity index (χ1n) is 5.89. The summed E-state index contributed by atoms with van der Waals surface area (Å²) in [5.41, 5.74) is 1.06. The zero-order valence-electron chi connectivity index (χ0n) is 9.88. The number of rotatable bonds is 4. The summed E-state index contributed by atoms with van der Waals surface area (Å²) >= 11 is 5.36. The zero-order valence-corrected chi connectivity index (χ0v) is 12.3. The molecule has 2 rings (SSSR count). The highest BCUT2D eigenvalue weighted by molar-refractivity contribution is 9.10. The molecule has 1 aliphatic rings. The van der Waals surface area contributed by atoms with Crippen molar-refractivity contribution in [3.8, 4) is 0 Å². The average molecular weight is 318 g/mol. The molecule has 1 nitrogen and oxygen atoms in total.